The number of ether oxygens (including phenoxy) is 2. The van der Waals surface area contributed by atoms with E-state index in [1.54, 1.807) is 6.92 Å². The molecule has 4 rings (SSSR count). The van der Waals surface area contributed by atoms with Gasteiger partial charge in [0, 0.05) is 19.2 Å². The van der Waals surface area contributed by atoms with E-state index in [1.165, 1.54) is 35.2 Å². The van der Waals surface area contributed by atoms with Crippen molar-refractivity contribution in [2.45, 2.75) is 51.1 Å². The summed E-state index contributed by atoms with van der Waals surface area (Å²) in [5, 5.41) is 2.86. The van der Waals surface area contributed by atoms with E-state index in [1.807, 2.05) is 38.1 Å². The molecule has 1 N–H and O–H groups in total. The minimum atomic E-state index is -4.35. The number of aryl methyl sites for hydroxylation is 1. The number of hydrogen-bond donors (Lipinski definition) is 1. The average Bonchev–Trinajstić information content (AvgIpc) is 2.99. The third-order valence-corrected chi connectivity index (χ3v) is 8.67. The van der Waals surface area contributed by atoms with Crippen molar-refractivity contribution in [3.05, 3.63) is 83.7 Å². The lowest BCUT2D eigenvalue weighted by molar-refractivity contribution is -0.140. The molecule has 0 aromatic heterocycles. The van der Waals surface area contributed by atoms with Crippen molar-refractivity contribution in [3.63, 3.8) is 0 Å². The van der Waals surface area contributed by atoms with E-state index in [4.69, 9.17) is 9.47 Å². The number of benzene rings is 3. The Bertz CT molecular complexity index is 1500. The first-order valence-corrected chi connectivity index (χ1v) is 15.4. The summed E-state index contributed by atoms with van der Waals surface area (Å²) in [6.45, 7) is 6.21. The van der Waals surface area contributed by atoms with Gasteiger partial charge in [-0.05, 0) is 61.7 Å². The molecule has 0 spiro atoms. The molecule has 9 nitrogen and oxygen atoms in total. The topological polar surface area (TPSA) is 105 Å². The van der Waals surface area contributed by atoms with Gasteiger partial charge in [-0.25, -0.2) is 12.8 Å². The number of rotatable bonds is 12. The van der Waals surface area contributed by atoms with E-state index in [0.29, 0.717) is 25.3 Å². The number of hydrogen-bond acceptors (Lipinski definition) is 6. The first-order valence-electron chi connectivity index (χ1n) is 13.9. The predicted molar refractivity (Wildman–Crippen MR) is 157 cm³/mol. The van der Waals surface area contributed by atoms with Gasteiger partial charge in [0.15, 0.2) is 11.5 Å². The molecule has 0 radical (unpaired) electrons. The molecule has 1 aliphatic rings. The van der Waals surface area contributed by atoms with E-state index in [9.17, 15) is 22.4 Å². The van der Waals surface area contributed by atoms with Gasteiger partial charge in [0.05, 0.1) is 10.6 Å². The molecule has 1 unspecified atom stereocenters. The lowest BCUT2D eigenvalue weighted by atomic mass is 10.1. The van der Waals surface area contributed by atoms with Crippen LogP contribution in [0.25, 0.3) is 0 Å². The zero-order valence-electron chi connectivity index (χ0n) is 24.0. The summed E-state index contributed by atoms with van der Waals surface area (Å²) in [6, 6.07) is 15.8. The molecule has 0 saturated heterocycles. The molecule has 3 aromatic rings. The van der Waals surface area contributed by atoms with Gasteiger partial charge in [0.2, 0.25) is 11.8 Å². The molecule has 1 atom stereocenters. The smallest absolute Gasteiger partial charge is 0.264 e. The zero-order chi connectivity index (χ0) is 30.3. The van der Waals surface area contributed by atoms with Crippen molar-refractivity contribution in [1.82, 2.24) is 10.2 Å². The number of carbonyl (C=O) groups excluding carboxylic acids is 2. The highest BCUT2D eigenvalue weighted by atomic mass is 32.2. The molecule has 0 bridgehead atoms. The summed E-state index contributed by atoms with van der Waals surface area (Å²) in [4.78, 5) is 28.5. The number of sulfonamides is 1. The normalized spacial score (nSPS) is 13.2. The molecule has 42 heavy (non-hydrogen) atoms. The van der Waals surface area contributed by atoms with Crippen LogP contribution in [0.1, 0.15) is 37.8 Å². The number of amides is 2. The summed E-state index contributed by atoms with van der Waals surface area (Å²) in [6.07, 6.45) is 1.04. The van der Waals surface area contributed by atoms with Crippen molar-refractivity contribution in [3.8, 4) is 11.5 Å². The number of nitrogens with one attached hydrogen (secondary N) is 1. The van der Waals surface area contributed by atoms with Crippen LogP contribution in [0.15, 0.2) is 71.6 Å². The van der Waals surface area contributed by atoms with Gasteiger partial charge in [-0.2, -0.15) is 0 Å². The van der Waals surface area contributed by atoms with E-state index in [0.717, 1.165) is 34.0 Å². The fourth-order valence-electron chi connectivity index (χ4n) is 4.62. The van der Waals surface area contributed by atoms with Crippen LogP contribution >= 0.6 is 0 Å². The second kappa shape index (κ2) is 13.7. The Labute approximate surface area is 246 Å². The largest absolute Gasteiger partial charge is 0.486 e. The molecule has 0 fully saturated rings. The lowest BCUT2D eigenvalue weighted by Crippen LogP contribution is -2.52. The maximum Gasteiger partial charge on any atom is 0.264 e. The molecule has 2 amide bonds. The molecule has 1 aliphatic heterocycles. The van der Waals surface area contributed by atoms with E-state index >= 15 is 0 Å². The Morgan fingerprint density at radius 2 is 1.62 bits per heavy atom. The van der Waals surface area contributed by atoms with Crippen molar-refractivity contribution in [2.75, 3.05) is 30.6 Å². The first kappa shape index (κ1) is 30.8. The van der Waals surface area contributed by atoms with Gasteiger partial charge < -0.3 is 19.7 Å². The monoisotopic (exact) mass is 597 g/mol. The molecule has 0 aliphatic carbocycles. The van der Waals surface area contributed by atoms with Gasteiger partial charge in [0.1, 0.15) is 31.6 Å². The Balaban J connectivity index is 1.73. The average molecular weight is 598 g/mol. The Morgan fingerprint density at radius 1 is 0.952 bits per heavy atom. The Hall–Kier alpha value is -4.12. The van der Waals surface area contributed by atoms with Crippen LogP contribution in [0, 0.1) is 12.7 Å². The highest BCUT2D eigenvalue weighted by Crippen LogP contribution is 2.34. The summed E-state index contributed by atoms with van der Waals surface area (Å²) >= 11 is 0. The molecular weight excluding hydrogens is 561 g/mol. The minimum Gasteiger partial charge on any atom is -0.486 e. The van der Waals surface area contributed by atoms with Crippen LogP contribution in [0.2, 0.25) is 0 Å². The summed E-state index contributed by atoms with van der Waals surface area (Å²) in [7, 11) is -4.35. The highest BCUT2D eigenvalue weighted by Gasteiger charge is 2.34. The van der Waals surface area contributed by atoms with Crippen molar-refractivity contribution < 1.29 is 31.9 Å². The van der Waals surface area contributed by atoms with Gasteiger partial charge in [0.25, 0.3) is 10.0 Å². The van der Waals surface area contributed by atoms with E-state index in [-0.39, 0.29) is 35.4 Å². The van der Waals surface area contributed by atoms with Gasteiger partial charge in [-0.3, -0.25) is 13.9 Å². The van der Waals surface area contributed by atoms with Crippen molar-refractivity contribution >= 4 is 27.5 Å². The third kappa shape index (κ3) is 7.20. The molecule has 3 aromatic carbocycles. The second-order valence-electron chi connectivity index (χ2n) is 10.0. The molecule has 11 heteroatoms. The van der Waals surface area contributed by atoms with Gasteiger partial charge in [-0.1, -0.05) is 43.7 Å². The number of nitrogens with zero attached hydrogens (tertiary/aromatic N) is 2. The van der Waals surface area contributed by atoms with Gasteiger partial charge >= 0.3 is 0 Å². The molecule has 0 saturated carbocycles. The van der Waals surface area contributed by atoms with Gasteiger partial charge in [-0.15, -0.1) is 0 Å². The fourth-order valence-corrected chi connectivity index (χ4v) is 6.05. The summed E-state index contributed by atoms with van der Waals surface area (Å²) < 4.78 is 54.0. The minimum absolute atomic E-state index is 0.0957. The highest BCUT2D eigenvalue weighted by molar-refractivity contribution is 7.92. The number of halogens is 1. The van der Waals surface area contributed by atoms with Crippen LogP contribution in [-0.2, 0) is 26.2 Å². The van der Waals surface area contributed by atoms with Crippen LogP contribution in [0.4, 0.5) is 10.1 Å². The van der Waals surface area contributed by atoms with Crippen LogP contribution < -0.4 is 19.1 Å². The number of anilines is 1. The molecule has 1 heterocycles. The van der Waals surface area contributed by atoms with Crippen molar-refractivity contribution in [1.29, 1.82) is 0 Å². The van der Waals surface area contributed by atoms with Crippen LogP contribution in [-0.4, -0.2) is 57.5 Å². The number of fused-ring (bicyclic) bond motifs is 1. The standard InChI is InChI=1S/C31H36FN3O6S/c1-4-16-33-31(37)27(5-2)34(20-23-8-6-22(3)7-9-23)30(36)21-35(25-12-10-24(32)11-13-25)42(38,39)26-14-15-28-29(19-26)41-18-17-40-28/h6-15,19,27H,4-5,16-18,20-21H2,1-3H3,(H,33,37). The maximum atomic E-state index is 14.1. The lowest BCUT2D eigenvalue weighted by Gasteiger charge is -2.33. The van der Waals surface area contributed by atoms with E-state index in [2.05, 4.69) is 5.32 Å². The summed E-state index contributed by atoms with van der Waals surface area (Å²) in [5.74, 6) is -0.770. The van der Waals surface area contributed by atoms with Crippen LogP contribution in [0.5, 0.6) is 11.5 Å². The zero-order valence-corrected chi connectivity index (χ0v) is 24.8. The Morgan fingerprint density at radius 3 is 2.26 bits per heavy atom. The molecule has 224 valence electrons. The quantitative estimate of drug-likeness (QED) is 0.331. The summed E-state index contributed by atoms with van der Waals surface area (Å²) in [5.41, 5.74) is 1.93. The first-order chi connectivity index (χ1) is 20.1. The molecular formula is C31H36FN3O6S. The predicted octanol–water partition coefficient (Wildman–Crippen LogP) is 4.43. The Kier molecular flexibility index (Phi) is 10.1. The third-order valence-electron chi connectivity index (χ3n) is 6.90. The SMILES string of the molecule is CCCNC(=O)C(CC)N(Cc1ccc(C)cc1)C(=O)CN(c1ccc(F)cc1)S(=O)(=O)c1ccc2c(c1)OCCO2. The van der Waals surface area contributed by atoms with Crippen molar-refractivity contribution in [2.24, 2.45) is 0 Å². The second-order valence-corrected chi connectivity index (χ2v) is 11.9. The maximum absolute atomic E-state index is 14.1. The van der Waals surface area contributed by atoms with Crippen LogP contribution in [0.3, 0.4) is 0 Å². The fraction of sp³-hybridized carbons (Fsp3) is 0.355. The van der Waals surface area contributed by atoms with E-state index < -0.39 is 34.3 Å². The number of carbonyl (C=O) groups is 2.